The van der Waals surface area contributed by atoms with Crippen molar-refractivity contribution in [2.75, 3.05) is 24.5 Å². The van der Waals surface area contributed by atoms with Gasteiger partial charge >= 0.3 is 0 Å². The van der Waals surface area contributed by atoms with E-state index >= 15 is 0 Å². The smallest absolute Gasteiger partial charge is 0.263 e. The summed E-state index contributed by atoms with van der Waals surface area (Å²) in [5, 5.41) is 13.7. The highest BCUT2D eigenvalue weighted by atomic mass is 32.1. The van der Waals surface area contributed by atoms with E-state index in [2.05, 4.69) is 20.2 Å². The van der Waals surface area contributed by atoms with Crippen molar-refractivity contribution in [2.45, 2.75) is 25.4 Å². The van der Waals surface area contributed by atoms with E-state index in [1.54, 1.807) is 11.7 Å². The van der Waals surface area contributed by atoms with Gasteiger partial charge in [-0.1, -0.05) is 6.07 Å². The monoisotopic (exact) mass is 332 g/mol. The predicted molar refractivity (Wildman–Crippen MR) is 89.8 cm³/mol. The minimum atomic E-state index is -0.940. The molecule has 2 aromatic heterocycles. The van der Waals surface area contributed by atoms with Crippen LogP contribution in [0.2, 0.25) is 0 Å². The fourth-order valence-corrected chi connectivity index (χ4v) is 3.56. The number of aliphatic hydroxyl groups is 1. The number of carbonyl (C=O) groups excluding carboxylic acids is 1. The molecule has 1 aliphatic rings. The molecule has 1 amide bonds. The highest BCUT2D eigenvalue weighted by molar-refractivity contribution is 7.11. The molecule has 3 heterocycles. The normalized spacial score (nSPS) is 21.2. The summed E-state index contributed by atoms with van der Waals surface area (Å²) in [6, 6.07) is 5.74. The Morgan fingerprint density at radius 3 is 3.04 bits per heavy atom. The number of carbonyl (C=O) groups is 1. The third kappa shape index (κ3) is 3.68. The van der Waals surface area contributed by atoms with E-state index in [0.29, 0.717) is 17.8 Å². The van der Waals surface area contributed by atoms with Gasteiger partial charge in [0.15, 0.2) is 0 Å². The molecule has 122 valence electrons. The SMILES string of the molecule is Cc1ncsc1C(=O)NC[C@@]1(O)CCCN(c2ccccn2)C1. The molecule has 0 saturated carbocycles. The van der Waals surface area contributed by atoms with Crippen LogP contribution in [0, 0.1) is 6.92 Å². The van der Waals surface area contributed by atoms with Gasteiger partial charge in [-0.25, -0.2) is 9.97 Å². The number of pyridine rings is 1. The molecule has 2 aromatic rings. The van der Waals surface area contributed by atoms with Gasteiger partial charge in [0.2, 0.25) is 0 Å². The number of amides is 1. The van der Waals surface area contributed by atoms with E-state index in [0.717, 1.165) is 24.5 Å². The van der Waals surface area contributed by atoms with Crippen LogP contribution in [0.15, 0.2) is 29.9 Å². The summed E-state index contributed by atoms with van der Waals surface area (Å²) < 4.78 is 0. The summed E-state index contributed by atoms with van der Waals surface area (Å²) in [4.78, 5) is 23.3. The molecule has 0 aromatic carbocycles. The molecule has 7 heteroatoms. The Hall–Kier alpha value is -1.99. The third-order valence-corrected chi connectivity index (χ3v) is 4.99. The van der Waals surface area contributed by atoms with Crippen molar-refractivity contribution in [1.29, 1.82) is 0 Å². The molecule has 1 atom stereocenters. The molecule has 6 nitrogen and oxygen atoms in total. The lowest BCUT2D eigenvalue weighted by atomic mass is 9.92. The van der Waals surface area contributed by atoms with Crippen molar-refractivity contribution >= 4 is 23.1 Å². The van der Waals surface area contributed by atoms with Crippen LogP contribution in [0.1, 0.15) is 28.2 Å². The van der Waals surface area contributed by atoms with Gasteiger partial charge in [-0.15, -0.1) is 11.3 Å². The van der Waals surface area contributed by atoms with Crippen LogP contribution in [0.4, 0.5) is 5.82 Å². The Bertz CT molecular complexity index is 676. The zero-order valence-electron chi connectivity index (χ0n) is 13.0. The van der Waals surface area contributed by atoms with Gasteiger partial charge in [-0.2, -0.15) is 0 Å². The second-order valence-corrected chi connectivity index (χ2v) is 6.74. The van der Waals surface area contributed by atoms with E-state index in [4.69, 9.17) is 0 Å². The largest absolute Gasteiger partial charge is 0.386 e. The number of hydrogen-bond acceptors (Lipinski definition) is 6. The van der Waals surface area contributed by atoms with Gasteiger partial charge in [0.25, 0.3) is 5.91 Å². The van der Waals surface area contributed by atoms with Crippen molar-refractivity contribution in [3.05, 3.63) is 40.5 Å². The van der Waals surface area contributed by atoms with Crippen LogP contribution < -0.4 is 10.2 Å². The fourth-order valence-electron chi connectivity index (χ4n) is 2.84. The number of hydrogen-bond donors (Lipinski definition) is 2. The first-order valence-electron chi connectivity index (χ1n) is 7.64. The highest BCUT2D eigenvalue weighted by Gasteiger charge is 2.34. The summed E-state index contributed by atoms with van der Waals surface area (Å²) in [5.74, 6) is 0.684. The van der Waals surface area contributed by atoms with Gasteiger partial charge in [0.1, 0.15) is 10.7 Å². The zero-order chi connectivity index (χ0) is 16.3. The maximum atomic E-state index is 12.2. The fraction of sp³-hybridized carbons (Fsp3) is 0.438. The maximum Gasteiger partial charge on any atom is 0.263 e. The first-order valence-corrected chi connectivity index (χ1v) is 8.52. The Morgan fingerprint density at radius 1 is 1.48 bits per heavy atom. The molecule has 0 bridgehead atoms. The van der Waals surface area contributed by atoms with Crippen LogP contribution in [0.25, 0.3) is 0 Å². The first kappa shape index (κ1) is 15.9. The summed E-state index contributed by atoms with van der Waals surface area (Å²) in [6.07, 6.45) is 3.28. The van der Waals surface area contributed by atoms with Crippen LogP contribution in [0.5, 0.6) is 0 Å². The summed E-state index contributed by atoms with van der Waals surface area (Å²) in [6.45, 7) is 3.36. The van der Waals surface area contributed by atoms with E-state index in [1.165, 1.54) is 11.3 Å². The highest BCUT2D eigenvalue weighted by Crippen LogP contribution is 2.24. The lowest BCUT2D eigenvalue weighted by molar-refractivity contribution is 0.0255. The molecule has 1 saturated heterocycles. The zero-order valence-corrected chi connectivity index (χ0v) is 13.8. The molecular formula is C16H20N4O2S. The number of thiazole rings is 1. The second-order valence-electron chi connectivity index (χ2n) is 5.89. The number of aromatic nitrogens is 2. The lowest BCUT2D eigenvalue weighted by Gasteiger charge is -2.39. The van der Waals surface area contributed by atoms with Gasteiger partial charge in [-0.05, 0) is 31.9 Å². The minimum Gasteiger partial charge on any atom is -0.386 e. The summed E-state index contributed by atoms with van der Waals surface area (Å²) in [7, 11) is 0. The van der Waals surface area contributed by atoms with Crippen molar-refractivity contribution < 1.29 is 9.90 Å². The van der Waals surface area contributed by atoms with Crippen LogP contribution in [-0.2, 0) is 0 Å². The van der Waals surface area contributed by atoms with Crippen molar-refractivity contribution in [2.24, 2.45) is 0 Å². The Balaban J connectivity index is 1.62. The van der Waals surface area contributed by atoms with E-state index in [1.807, 2.05) is 25.1 Å². The third-order valence-electron chi connectivity index (χ3n) is 4.06. The number of anilines is 1. The molecule has 0 aliphatic carbocycles. The molecule has 3 rings (SSSR count). The van der Waals surface area contributed by atoms with Crippen molar-refractivity contribution in [3.8, 4) is 0 Å². The van der Waals surface area contributed by atoms with Crippen molar-refractivity contribution in [1.82, 2.24) is 15.3 Å². The van der Waals surface area contributed by atoms with Crippen molar-refractivity contribution in [3.63, 3.8) is 0 Å². The summed E-state index contributed by atoms with van der Waals surface area (Å²) in [5.41, 5.74) is 1.44. The first-order chi connectivity index (χ1) is 11.1. The molecule has 2 N–H and O–H groups in total. The number of aryl methyl sites for hydroxylation is 1. The topological polar surface area (TPSA) is 78.3 Å². The minimum absolute atomic E-state index is 0.173. The Kier molecular flexibility index (Phi) is 4.58. The number of nitrogens with zero attached hydrogens (tertiary/aromatic N) is 3. The maximum absolute atomic E-state index is 12.2. The van der Waals surface area contributed by atoms with Gasteiger partial charge in [0.05, 0.1) is 16.8 Å². The lowest BCUT2D eigenvalue weighted by Crippen LogP contribution is -2.54. The summed E-state index contributed by atoms with van der Waals surface area (Å²) >= 11 is 1.32. The Labute approximate surface area is 139 Å². The number of β-amino-alcohol motifs (C(OH)–C–C–N with tert-alkyl or cyclic N) is 1. The quantitative estimate of drug-likeness (QED) is 0.889. The van der Waals surface area contributed by atoms with Gasteiger partial charge < -0.3 is 15.3 Å². The molecule has 23 heavy (non-hydrogen) atoms. The standard InChI is InChI=1S/C16H20N4O2S/c1-12-14(23-11-19-12)15(21)18-9-16(22)6-4-8-20(10-16)13-5-2-3-7-17-13/h2-3,5,7,11,22H,4,6,8-10H2,1H3,(H,18,21)/t16-/m0/s1. The van der Waals surface area contributed by atoms with Gasteiger partial charge in [0, 0.05) is 25.8 Å². The van der Waals surface area contributed by atoms with Gasteiger partial charge in [-0.3, -0.25) is 4.79 Å². The second kappa shape index (κ2) is 6.64. The van der Waals surface area contributed by atoms with E-state index in [-0.39, 0.29) is 12.5 Å². The number of rotatable bonds is 4. The average Bonchev–Trinajstić information content (AvgIpc) is 3.00. The van der Waals surface area contributed by atoms with Crippen LogP contribution >= 0.6 is 11.3 Å². The molecule has 1 fully saturated rings. The predicted octanol–water partition coefficient (Wildman–Crippen LogP) is 1.61. The molecule has 0 radical (unpaired) electrons. The number of nitrogens with one attached hydrogen (secondary N) is 1. The molecule has 1 aliphatic heterocycles. The molecule has 0 spiro atoms. The average molecular weight is 332 g/mol. The van der Waals surface area contributed by atoms with E-state index < -0.39 is 5.60 Å². The molecular weight excluding hydrogens is 312 g/mol. The number of piperidine rings is 1. The van der Waals surface area contributed by atoms with E-state index in [9.17, 15) is 9.90 Å². The molecule has 0 unspecified atom stereocenters. The van der Waals surface area contributed by atoms with Crippen LogP contribution in [-0.4, -0.2) is 46.2 Å². The van der Waals surface area contributed by atoms with Crippen LogP contribution in [0.3, 0.4) is 0 Å². The Morgan fingerprint density at radius 2 is 2.35 bits per heavy atom.